The molecule has 4 nitrogen and oxygen atoms in total. The predicted molar refractivity (Wildman–Crippen MR) is 98.2 cm³/mol. The molecule has 1 aromatic rings. The molecule has 0 saturated heterocycles. The predicted octanol–water partition coefficient (Wildman–Crippen LogP) is 3.62. The highest BCUT2D eigenvalue weighted by Crippen LogP contribution is 2.60. The van der Waals surface area contributed by atoms with Crippen LogP contribution in [0.1, 0.15) is 57.9 Å². The van der Waals surface area contributed by atoms with Gasteiger partial charge in [0.15, 0.2) is 0 Å². The molecule has 4 fully saturated rings. The molecule has 1 atom stereocenters. The summed E-state index contributed by atoms with van der Waals surface area (Å²) < 4.78 is 0. The van der Waals surface area contributed by atoms with E-state index < -0.39 is 6.04 Å². The van der Waals surface area contributed by atoms with Crippen LogP contribution in [-0.2, 0) is 15.0 Å². The molecule has 4 aliphatic carbocycles. The minimum atomic E-state index is -0.527. The molecular formula is C21H28N2O2. The smallest absolute Gasteiger partial charge is 0.246 e. The van der Waals surface area contributed by atoms with Gasteiger partial charge in [0, 0.05) is 12.6 Å². The van der Waals surface area contributed by atoms with Crippen molar-refractivity contribution < 1.29 is 9.59 Å². The number of hydrogen-bond donors (Lipinski definition) is 2. The lowest BCUT2D eigenvalue weighted by Crippen LogP contribution is -2.48. The number of benzene rings is 1. The van der Waals surface area contributed by atoms with E-state index in [0.29, 0.717) is 5.41 Å². The Kier molecular flexibility index (Phi) is 4.09. The number of hydrogen-bond acceptors (Lipinski definition) is 2. The zero-order valence-corrected chi connectivity index (χ0v) is 15.2. The number of carbonyl (C=O) groups is 2. The van der Waals surface area contributed by atoms with Gasteiger partial charge in [-0.05, 0) is 86.3 Å². The highest BCUT2D eigenvalue weighted by Gasteiger charge is 2.51. The van der Waals surface area contributed by atoms with Crippen LogP contribution in [0.25, 0.3) is 0 Å². The third-order valence-corrected chi connectivity index (χ3v) is 6.62. The van der Waals surface area contributed by atoms with Crippen molar-refractivity contribution in [1.29, 1.82) is 0 Å². The van der Waals surface area contributed by atoms with Crippen molar-refractivity contribution in [3.05, 3.63) is 29.8 Å². The third kappa shape index (κ3) is 3.19. The van der Waals surface area contributed by atoms with Crippen LogP contribution in [0.3, 0.4) is 0 Å². The summed E-state index contributed by atoms with van der Waals surface area (Å²) >= 11 is 0. The second-order valence-electron chi connectivity index (χ2n) is 8.69. The van der Waals surface area contributed by atoms with Crippen molar-refractivity contribution in [2.45, 2.75) is 63.8 Å². The van der Waals surface area contributed by atoms with Gasteiger partial charge >= 0.3 is 0 Å². The largest absolute Gasteiger partial charge is 0.345 e. The van der Waals surface area contributed by atoms with Gasteiger partial charge in [-0.3, -0.25) is 9.59 Å². The molecule has 2 N–H and O–H groups in total. The fourth-order valence-corrected chi connectivity index (χ4v) is 5.99. The van der Waals surface area contributed by atoms with Crippen LogP contribution >= 0.6 is 0 Å². The van der Waals surface area contributed by atoms with Crippen LogP contribution < -0.4 is 10.6 Å². The average molecular weight is 340 g/mol. The fraction of sp³-hybridized carbons (Fsp3) is 0.619. The van der Waals surface area contributed by atoms with E-state index in [1.807, 2.05) is 12.1 Å². The van der Waals surface area contributed by atoms with E-state index in [1.54, 1.807) is 6.92 Å². The standard InChI is InChI=1S/C21H28N2O2/c1-13(22-14(2)24)20(25)23-19-5-3-18(4-6-19)21-10-15-7-16(11-21)9-17(8-15)12-21/h3-6,13,15-17H,7-12H2,1-2H3,(H,22,24)(H,23,25). The molecule has 0 aliphatic heterocycles. The molecule has 0 aromatic heterocycles. The molecule has 4 heteroatoms. The van der Waals surface area contributed by atoms with Crippen molar-refractivity contribution in [2.75, 3.05) is 5.32 Å². The zero-order chi connectivity index (χ0) is 17.6. The third-order valence-electron chi connectivity index (χ3n) is 6.62. The number of anilines is 1. The van der Waals surface area contributed by atoms with Gasteiger partial charge in [-0.15, -0.1) is 0 Å². The molecule has 0 heterocycles. The van der Waals surface area contributed by atoms with Gasteiger partial charge < -0.3 is 10.6 Å². The van der Waals surface area contributed by atoms with Crippen molar-refractivity contribution >= 4 is 17.5 Å². The summed E-state index contributed by atoms with van der Waals surface area (Å²) in [5.41, 5.74) is 2.65. The number of carbonyl (C=O) groups excluding carboxylic acids is 2. The second-order valence-corrected chi connectivity index (χ2v) is 8.69. The van der Waals surface area contributed by atoms with E-state index in [0.717, 1.165) is 23.4 Å². The Bertz CT molecular complexity index is 644. The quantitative estimate of drug-likeness (QED) is 0.879. The number of amides is 2. The average Bonchev–Trinajstić information content (AvgIpc) is 2.53. The first kappa shape index (κ1) is 16.6. The summed E-state index contributed by atoms with van der Waals surface area (Å²) in [6.45, 7) is 3.12. The highest BCUT2D eigenvalue weighted by atomic mass is 16.2. The first-order valence-electron chi connectivity index (χ1n) is 9.62. The molecule has 4 aliphatic rings. The van der Waals surface area contributed by atoms with Crippen molar-refractivity contribution in [1.82, 2.24) is 5.32 Å². The van der Waals surface area contributed by atoms with Crippen molar-refractivity contribution in [2.24, 2.45) is 17.8 Å². The minimum Gasteiger partial charge on any atom is -0.345 e. The van der Waals surface area contributed by atoms with Crippen molar-refractivity contribution in [3.8, 4) is 0 Å². The lowest BCUT2D eigenvalue weighted by molar-refractivity contribution is -0.124. The Morgan fingerprint density at radius 1 is 1.00 bits per heavy atom. The molecule has 25 heavy (non-hydrogen) atoms. The van der Waals surface area contributed by atoms with E-state index in [4.69, 9.17) is 0 Å². The van der Waals surface area contributed by atoms with Gasteiger partial charge in [0.05, 0.1) is 0 Å². The molecule has 0 radical (unpaired) electrons. The molecule has 2 amide bonds. The Hall–Kier alpha value is -1.84. The highest BCUT2D eigenvalue weighted by molar-refractivity contribution is 5.96. The van der Waals surface area contributed by atoms with Gasteiger partial charge in [0.1, 0.15) is 6.04 Å². The molecule has 5 rings (SSSR count). The minimum absolute atomic E-state index is 0.183. The molecular weight excluding hydrogens is 312 g/mol. The summed E-state index contributed by atoms with van der Waals surface area (Å²) in [6, 6.07) is 7.94. The van der Waals surface area contributed by atoms with Gasteiger partial charge in [-0.1, -0.05) is 12.1 Å². The fourth-order valence-electron chi connectivity index (χ4n) is 5.99. The van der Waals surface area contributed by atoms with E-state index in [-0.39, 0.29) is 11.8 Å². The molecule has 4 saturated carbocycles. The first-order valence-corrected chi connectivity index (χ1v) is 9.62. The zero-order valence-electron chi connectivity index (χ0n) is 15.2. The molecule has 134 valence electrons. The maximum atomic E-state index is 12.1. The van der Waals surface area contributed by atoms with Gasteiger partial charge in [0.2, 0.25) is 11.8 Å². The molecule has 4 bridgehead atoms. The van der Waals surface area contributed by atoms with Crippen LogP contribution in [-0.4, -0.2) is 17.9 Å². The van der Waals surface area contributed by atoms with Crippen LogP contribution in [0.2, 0.25) is 0 Å². The van der Waals surface area contributed by atoms with E-state index in [1.165, 1.54) is 51.0 Å². The van der Waals surface area contributed by atoms with Crippen LogP contribution in [0.5, 0.6) is 0 Å². The Morgan fingerprint density at radius 3 is 2.00 bits per heavy atom. The number of rotatable bonds is 4. The Labute approximate surface area is 149 Å². The van der Waals surface area contributed by atoms with E-state index in [2.05, 4.69) is 22.8 Å². The summed E-state index contributed by atoms with van der Waals surface area (Å²) in [5.74, 6) is 2.43. The van der Waals surface area contributed by atoms with Gasteiger partial charge in [-0.2, -0.15) is 0 Å². The van der Waals surface area contributed by atoms with E-state index >= 15 is 0 Å². The summed E-state index contributed by atoms with van der Waals surface area (Å²) in [4.78, 5) is 23.2. The molecule has 0 spiro atoms. The van der Waals surface area contributed by atoms with Crippen LogP contribution in [0, 0.1) is 17.8 Å². The lowest BCUT2D eigenvalue weighted by Gasteiger charge is -2.57. The SMILES string of the molecule is CC(=O)NC(C)C(=O)Nc1ccc(C23CC4CC(CC(C4)C2)C3)cc1. The Morgan fingerprint density at radius 2 is 1.52 bits per heavy atom. The molecule has 1 aromatic carbocycles. The van der Waals surface area contributed by atoms with Crippen LogP contribution in [0.4, 0.5) is 5.69 Å². The second kappa shape index (κ2) is 6.15. The topological polar surface area (TPSA) is 58.2 Å². The monoisotopic (exact) mass is 340 g/mol. The summed E-state index contributed by atoms with van der Waals surface area (Å²) in [6.07, 6.45) is 8.41. The van der Waals surface area contributed by atoms with Crippen LogP contribution in [0.15, 0.2) is 24.3 Å². The normalized spacial score (nSPS) is 33.8. The first-order chi connectivity index (χ1) is 11.9. The summed E-state index contributed by atoms with van der Waals surface area (Å²) in [5, 5.41) is 5.51. The molecule has 1 unspecified atom stereocenters. The van der Waals surface area contributed by atoms with Crippen molar-refractivity contribution in [3.63, 3.8) is 0 Å². The summed E-state index contributed by atoms with van der Waals surface area (Å²) in [7, 11) is 0. The van der Waals surface area contributed by atoms with Gasteiger partial charge in [0.25, 0.3) is 0 Å². The van der Waals surface area contributed by atoms with E-state index in [9.17, 15) is 9.59 Å². The van der Waals surface area contributed by atoms with Gasteiger partial charge in [-0.25, -0.2) is 0 Å². The maximum Gasteiger partial charge on any atom is 0.246 e. The Balaban J connectivity index is 1.46. The lowest BCUT2D eigenvalue weighted by atomic mass is 9.48. The number of nitrogens with one attached hydrogen (secondary N) is 2. The maximum absolute atomic E-state index is 12.1.